The molecule has 116 valence electrons. The molecule has 1 aliphatic rings. The molecule has 1 atom stereocenters. The molecule has 1 unspecified atom stereocenters. The van der Waals surface area contributed by atoms with Crippen molar-refractivity contribution in [3.8, 4) is 0 Å². The fraction of sp³-hybridized carbons (Fsp3) is 0.611. The molecule has 2 rings (SSSR count). The largest absolute Gasteiger partial charge is 0.341 e. The van der Waals surface area contributed by atoms with Crippen LogP contribution in [0.5, 0.6) is 0 Å². The smallest absolute Gasteiger partial charge is 0.239 e. The summed E-state index contributed by atoms with van der Waals surface area (Å²) in [5, 5.41) is 3.35. The van der Waals surface area contributed by atoms with Gasteiger partial charge in [0.1, 0.15) is 0 Å². The Kier molecular flexibility index (Phi) is 5.80. The second-order valence-electron chi connectivity index (χ2n) is 6.38. The summed E-state index contributed by atoms with van der Waals surface area (Å²) in [6.07, 6.45) is 3.55. The van der Waals surface area contributed by atoms with Gasteiger partial charge < -0.3 is 10.2 Å². The van der Waals surface area contributed by atoms with Crippen molar-refractivity contribution in [3.05, 3.63) is 35.4 Å². The van der Waals surface area contributed by atoms with Crippen LogP contribution >= 0.6 is 0 Å². The number of hydrogen-bond acceptors (Lipinski definition) is 2. The number of likely N-dealkylation sites (tertiary alicyclic amines) is 1. The number of carbonyl (C=O) groups is 1. The van der Waals surface area contributed by atoms with E-state index in [1.807, 2.05) is 11.8 Å². The summed E-state index contributed by atoms with van der Waals surface area (Å²) in [4.78, 5) is 14.3. The molecule has 0 saturated carbocycles. The van der Waals surface area contributed by atoms with E-state index in [9.17, 15) is 4.79 Å². The Morgan fingerprint density at radius 1 is 1.10 bits per heavy atom. The molecule has 1 aliphatic heterocycles. The summed E-state index contributed by atoms with van der Waals surface area (Å²) < 4.78 is 0. The summed E-state index contributed by atoms with van der Waals surface area (Å²) >= 11 is 0. The van der Waals surface area contributed by atoms with Crippen molar-refractivity contribution in [2.75, 3.05) is 13.1 Å². The Hall–Kier alpha value is -1.35. The van der Waals surface area contributed by atoms with Crippen molar-refractivity contribution in [2.24, 2.45) is 0 Å². The van der Waals surface area contributed by atoms with Gasteiger partial charge in [0.25, 0.3) is 0 Å². The van der Waals surface area contributed by atoms with E-state index in [-0.39, 0.29) is 11.9 Å². The first-order chi connectivity index (χ1) is 10.1. The van der Waals surface area contributed by atoms with Crippen molar-refractivity contribution < 1.29 is 4.79 Å². The van der Waals surface area contributed by atoms with E-state index in [1.54, 1.807) is 0 Å². The van der Waals surface area contributed by atoms with Gasteiger partial charge in [0.15, 0.2) is 0 Å². The number of nitrogens with one attached hydrogen (secondary N) is 1. The molecular formula is C18H28N2O. The van der Waals surface area contributed by atoms with Gasteiger partial charge in [0.05, 0.1) is 6.04 Å². The maximum absolute atomic E-state index is 12.3. The zero-order valence-corrected chi connectivity index (χ0v) is 13.6. The highest BCUT2D eigenvalue weighted by atomic mass is 16.2. The summed E-state index contributed by atoms with van der Waals surface area (Å²) in [5.41, 5.74) is 2.59. The van der Waals surface area contributed by atoms with Gasteiger partial charge in [0.2, 0.25) is 5.91 Å². The molecule has 0 radical (unpaired) electrons. The lowest BCUT2D eigenvalue weighted by molar-refractivity contribution is -0.133. The van der Waals surface area contributed by atoms with Gasteiger partial charge >= 0.3 is 0 Å². The van der Waals surface area contributed by atoms with E-state index >= 15 is 0 Å². The van der Waals surface area contributed by atoms with Crippen LogP contribution in [0.25, 0.3) is 0 Å². The number of hydrogen-bond donors (Lipinski definition) is 1. The zero-order valence-electron chi connectivity index (χ0n) is 13.6. The van der Waals surface area contributed by atoms with Crippen molar-refractivity contribution in [3.63, 3.8) is 0 Å². The zero-order chi connectivity index (χ0) is 15.2. The summed E-state index contributed by atoms with van der Waals surface area (Å²) in [6.45, 7) is 8.97. The van der Waals surface area contributed by atoms with Crippen molar-refractivity contribution >= 4 is 5.91 Å². The second-order valence-corrected chi connectivity index (χ2v) is 6.38. The summed E-state index contributed by atoms with van der Waals surface area (Å²) in [7, 11) is 0. The molecule has 1 aromatic carbocycles. The quantitative estimate of drug-likeness (QED) is 0.901. The lowest BCUT2D eigenvalue weighted by atomic mass is 10.0. The van der Waals surface area contributed by atoms with E-state index < -0.39 is 0 Å². The Balaban J connectivity index is 1.82. The minimum atomic E-state index is -0.104. The van der Waals surface area contributed by atoms with Crippen LogP contribution in [0.2, 0.25) is 0 Å². The molecule has 0 aromatic heterocycles. The summed E-state index contributed by atoms with van der Waals surface area (Å²) in [5.74, 6) is 0.806. The molecule has 0 spiro atoms. The van der Waals surface area contributed by atoms with Gasteiger partial charge in [-0.1, -0.05) is 38.1 Å². The fourth-order valence-corrected chi connectivity index (χ4v) is 2.77. The first-order valence-corrected chi connectivity index (χ1v) is 8.19. The molecule has 1 aromatic rings. The van der Waals surface area contributed by atoms with Crippen LogP contribution in [0.1, 0.15) is 57.1 Å². The third kappa shape index (κ3) is 4.57. The standard InChI is InChI=1S/C18H28N2O/c1-14(2)17-9-7-16(8-10-17)13-19-15(3)18(21)20-11-5-4-6-12-20/h7-10,14-15,19H,4-6,11-13H2,1-3H3. The van der Waals surface area contributed by atoms with Gasteiger partial charge in [0, 0.05) is 19.6 Å². The lowest BCUT2D eigenvalue weighted by Gasteiger charge is -2.29. The number of rotatable bonds is 5. The molecule has 0 aliphatic carbocycles. The van der Waals surface area contributed by atoms with Crippen LogP contribution in [-0.4, -0.2) is 29.9 Å². The van der Waals surface area contributed by atoms with E-state index in [0.717, 1.165) is 32.5 Å². The Morgan fingerprint density at radius 2 is 1.71 bits per heavy atom. The molecule has 3 heteroatoms. The number of carbonyl (C=O) groups excluding carboxylic acids is 1. The molecular weight excluding hydrogens is 260 g/mol. The van der Waals surface area contributed by atoms with Crippen LogP contribution in [-0.2, 0) is 11.3 Å². The molecule has 1 saturated heterocycles. The minimum Gasteiger partial charge on any atom is -0.341 e. The number of nitrogens with zero attached hydrogens (tertiary/aromatic N) is 1. The highest BCUT2D eigenvalue weighted by Gasteiger charge is 2.21. The van der Waals surface area contributed by atoms with Crippen LogP contribution in [0, 0.1) is 0 Å². The maximum atomic E-state index is 12.3. The first kappa shape index (κ1) is 16.0. The van der Waals surface area contributed by atoms with Gasteiger partial charge in [-0.15, -0.1) is 0 Å². The topological polar surface area (TPSA) is 32.3 Å². The maximum Gasteiger partial charge on any atom is 0.239 e. The molecule has 3 nitrogen and oxygen atoms in total. The highest BCUT2D eigenvalue weighted by Crippen LogP contribution is 2.15. The van der Waals surface area contributed by atoms with E-state index in [1.165, 1.54) is 17.5 Å². The van der Waals surface area contributed by atoms with Crippen LogP contribution in [0.4, 0.5) is 0 Å². The summed E-state index contributed by atoms with van der Waals surface area (Å²) in [6, 6.07) is 8.56. The average Bonchev–Trinajstić information content (AvgIpc) is 2.53. The van der Waals surface area contributed by atoms with Crippen molar-refractivity contribution in [1.82, 2.24) is 10.2 Å². The highest BCUT2D eigenvalue weighted by molar-refractivity contribution is 5.81. The van der Waals surface area contributed by atoms with Gasteiger partial charge in [-0.2, -0.15) is 0 Å². The molecule has 1 heterocycles. The van der Waals surface area contributed by atoms with Crippen molar-refractivity contribution in [2.45, 2.75) is 58.5 Å². The minimum absolute atomic E-state index is 0.104. The number of amides is 1. The average molecular weight is 288 g/mol. The Morgan fingerprint density at radius 3 is 2.29 bits per heavy atom. The van der Waals surface area contributed by atoms with Gasteiger partial charge in [-0.25, -0.2) is 0 Å². The van der Waals surface area contributed by atoms with E-state index in [4.69, 9.17) is 0 Å². The third-order valence-corrected chi connectivity index (χ3v) is 4.30. The Labute approximate surface area is 128 Å². The molecule has 0 bridgehead atoms. The van der Waals surface area contributed by atoms with Gasteiger partial charge in [-0.3, -0.25) is 4.79 Å². The molecule has 1 N–H and O–H groups in total. The van der Waals surface area contributed by atoms with Crippen LogP contribution in [0.15, 0.2) is 24.3 Å². The second kappa shape index (κ2) is 7.60. The van der Waals surface area contributed by atoms with E-state index in [0.29, 0.717) is 5.92 Å². The predicted molar refractivity (Wildman–Crippen MR) is 87.3 cm³/mol. The van der Waals surface area contributed by atoms with Crippen LogP contribution in [0.3, 0.4) is 0 Å². The predicted octanol–water partition coefficient (Wildman–Crippen LogP) is 3.30. The monoisotopic (exact) mass is 288 g/mol. The normalized spacial score (nSPS) is 17.0. The Bertz CT molecular complexity index is 447. The number of piperidine rings is 1. The molecule has 1 amide bonds. The molecule has 21 heavy (non-hydrogen) atoms. The van der Waals surface area contributed by atoms with E-state index in [2.05, 4.69) is 43.4 Å². The first-order valence-electron chi connectivity index (χ1n) is 8.19. The fourth-order valence-electron chi connectivity index (χ4n) is 2.77. The third-order valence-electron chi connectivity index (χ3n) is 4.30. The SMILES string of the molecule is CC(NCc1ccc(C(C)C)cc1)C(=O)N1CCCCC1. The number of benzene rings is 1. The van der Waals surface area contributed by atoms with Gasteiger partial charge in [-0.05, 0) is 43.2 Å². The molecule has 1 fully saturated rings. The van der Waals surface area contributed by atoms with Crippen molar-refractivity contribution in [1.29, 1.82) is 0 Å². The lowest BCUT2D eigenvalue weighted by Crippen LogP contribution is -2.46. The van der Waals surface area contributed by atoms with Crippen LogP contribution < -0.4 is 5.32 Å².